The lowest BCUT2D eigenvalue weighted by atomic mass is 10.1. The number of hydrogen-bond donors (Lipinski definition) is 1. The van der Waals surface area contributed by atoms with Crippen LogP contribution in [0.25, 0.3) is 0 Å². The van der Waals surface area contributed by atoms with E-state index in [2.05, 4.69) is 10.2 Å². The van der Waals surface area contributed by atoms with Crippen molar-refractivity contribution in [2.45, 2.75) is 50.6 Å². The van der Waals surface area contributed by atoms with Crippen LogP contribution in [0.1, 0.15) is 48.9 Å². The summed E-state index contributed by atoms with van der Waals surface area (Å²) in [6.07, 6.45) is 7.45. The molecule has 0 spiro atoms. The van der Waals surface area contributed by atoms with Crippen LogP contribution in [-0.2, 0) is 0 Å². The highest BCUT2D eigenvalue weighted by molar-refractivity contribution is 5.97. The molecule has 3 fully saturated rings. The summed E-state index contributed by atoms with van der Waals surface area (Å²) in [4.78, 5) is 15.0. The van der Waals surface area contributed by atoms with E-state index in [9.17, 15) is 4.79 Å². The van der Waals surface area contributed by atoms with Gasteiger partial charge in [-0.05, 0) is 43.7 Å². The smallest absolute Gasteiger partial charge is 0.255 e. The third kappa shape index (κ3) is 3.86. The Bertz CT molecular complexity index is 564. The summed E-state index contributed by atoms with van der Waals surface area (Å²) in [7, 11) is 0. The number of amides is 1. The topological polar surface area (TPSA) is 41.3 Å². The lowest BCUT2D eigenvalue weighted by Crippen LogP contribution is -2.32. The Labute approximate surface area is 138 Å². The minimum Gasteiger partial charge on any atom is -0.491 e. The number of carbonyl (C=O) groups excluding carboxylic acids is 1. The van der Waals surface area contributed by atoms with Crippen LogP contribution in [0.2, 0.25) is 0 Å². The average Bonchev–Trinajstić information content (AvgIpc) is 3.48. The van der Waals surface area contributed by atoms with Crippen LogP contribution in [0.4, 0.5) is 0 Å². The molecular weight excluding hydrogens is 288 g/mol. The van der Waals surface area contributed by atoms with E-state index in [-0.39, 0.29) is 5.91 Å². The van der Waals surface area contributed by atoms with Gasteiger partial charge in [-0.1, -0.05) is 25.0 Å². The van der Waals surface area contributed by atoms with E-state index in [0.717, 1.165) is 31.1 Å². The van der Waals surface area contributed by atoms with Gasteiger partial charge in [0.15, 0.2) is 0 Å². The number of hydrogen-bond acceptors (Lipinski definition) is 3. The SMILES string of the molecule is O=C(NC1CCCC1)c1ccccc1OCC1CN1CC1CC1. The molecule has 124 valence electrons. The number of carbonyl (C=O) groups is 1. The average molecular weight is 314 g/mol. The van der Waals surface area contributed by atoms with Gasteiger partial charge in [0, 0.05) is 19.1 Å². The molecule has 1 N–H and O–H groups in total. The molecule has 3 aliphatic rings. The highest BCUT2D eigenvalue weighted by Gasteiger charge is 2.38. The molecule has 1 aromatic rings. The van der Waals surface area contributed by atoms with Crippen LogP contribution in [0.3, 0.4) is 0 Å². The first-order valence-corrected chi connectivity index (χ1v) is 9.06. The number of nitrogens with one attached hydrogen (secondary N) is 1. The van der Waals surface area contributed by atoms with Gasteiger partial charge in [0.1, 0.15) is 12.4 Å². The van der Waals surface area contributed by atoms with Gasteiger partial charge in [-0.15, -0.1) is 0 Å². The largest absolute Gasteiger partial charge is 0.491 e. The molecule has 23 heavy (non-hydrogen) atoms. The van der Waals surface area contributed by atoms with Crippen LogP contribution in [0.15, 0.2) is 24.3 Å². The van der Waals surface area contributed by atoms with E-state index in [1.807, 2.05) is 24.3 Å². The molecule has 1 aromatic carbocycles. The van der Waals surface area contributed by atoms with Crippen molar-refractivity contribution >= 4 is 5.91 Å². The van der Waals surface area contributed by atoms with Crippen molar-refractivity contribution in [2.24, 2.45) is 5.92 Å². The molecule has 4 nitrogen and oxygen atoms in total. The molecule has 1 heterocycles. The Morgan fingerprint density at radius 2 is 1.96 bits per heavy atom. The van der Waals surface area contributed by atoms with Gasteiger partial charge < -0.3 is 10.1 Å². The number of benzene rings is 1. The molecule has 1 aliphatic heterocycles. The molecule has 2 atom stereocenters. The van der Waals surface area contributed by atoms with Crippen LogP contribution in [-0.4, -0.2) is 42.6 Å². The Balaban J connectivity index is 1.31. The second-order valence-electron chi connectivity index (χ2n) is 7.31. The van der Waals surface area contributed by atoms with Gasteiger partial charge in [-0.25, -0.2) is 0 Å². The lowest BCUT2D eigenvalue weighted by molar-refractivity contribution is 0.0933. The maximum absolute atomic E-state index is 12.5. The zero-order valence-corrected chi connectivity index (χ0v) is 13.7. The van der Waals surface area contributed by atoms with Gasteiger partial charge in [-0.3, -0.25) is 9.69 Å². The van der Waals surface area contributed by atoms with Gasteiger partial charge in [0.05, 0.1) is 11.6 Å². The van der Waals surface area contributed by atoms with Crippen LogP contribution >= 0.6 is 0 Å². The van der Waals surface area contributed by atoms with Crippen LogP contribution < -0.4 is 10.1 Å². The summed E-state index contributed by atoms with van der Waals surface area (Å²) >= 11 is 0. The standard InChI is InChI=1S/C19H26N2O2/c22-19(20-15-5-1-2-6-15)17-7-3-4-8-18(17)23-13-16-12-21(16)11-14-9-10-14/h3-4,7-8,14-16H,1-2,5-6,9-13H2,(H,20,22). The monoisotopic (exact) mass is 314 g/mol. The minimum absolute atomic E-state index is 0.0122. The Morgan fingerprint density at radius 3 is 2.74 bits per heavy atom. The van der Waals surface area contributed by atoms with Gasteiger partial charge in [0.2, 0.25) is 0 Å². The van der Waals surface area contributed by atoms with Crippen molar-refractivity contribution in [2.75, 3.05) is 19.7 Å². The maximum Gasteiger partial charge on any atom is 0.255 e. The molecule has 4 rings (SSSR count). The fourth-order valence-electron chi connectivity index (χ4n) is 3.54. The van der Waals surface area contributed by atoms with Gasteiger partial charge >= 0.3 is 0 Å². The number of rotatable bonds is 7. The Hall–Kier alpha value is -1.55. The first-order valence-electron chi connectivity index (χ1n) is 9.06. The first kappa shape index (κ1) is 15.0. The van der Waals surface area contributed by atoms with Gasteiger partial charge in [0.25, 0.3) is 5.91 Å². The number of para-hydroxylation sites is 1. The predicted molar refractivity (Wildman–Crippen MR) is 89.7 cm³/mol. The van der Waals surface area contributed by atoms with Crippen molar-refractivity contribution in [1.82, 2.24) is 10.2 Å². The Kier molecular flexibility index (Phi) is 4.25. The predicted octanol–water partition coefficient (Wildman–Crippen LogP) is 2.83. The summed E-state index contributed by atoms with van der Waals surface area (Å²) in [6, 6.07) is 8.52. The molecule has 1 saturated heterocycles. The van der Waals surface area contributed by atoms with Gasteiger partial charge in [-0.2, -0.15) is 0 Å². The molecule has 4 heteroatoms. The molecule has 0 aromatic heterocycles. The van der Waals surface area contributed by atoms with Crippen molar-refractivity contribution in [1.29, 1.82) is 0 Å². The molecule has 0 bridgehead atoms. The normalized spacial score (nSPS) is 27.0. The van der Waals surface area contributed by atoms with Crippen LogP contribution in [0, 0.1) is 5.92 Å². The zero-order chi connectivity index (χ0) is 15.6. The van der Waals surface area contributed by atoms with E-state index in [1.165, 1.54) is 32.2 Å². The van der Waals surface area contributed by atoms with Crippen molar-refractivity contribution in [3.8, 4) is 5.75 Å². The van der Waals surface area contributed by atoms with Crippen molar-refractivity contribution in [3.05, 3.63) is 29.8 Å². The number of ether oxygens (including phenoxy) is 1. The zero-order valence-electron chi connectivity index (χ0n) is 13.7. The van der Waals surface area contributed by atoms with Crippen molar-refractivity contribution < 1.29 is 9.53 Å². The third-order valence-corrected chi connectivity index (χ3v) is 5.27. The highest BCUT2D eigenvalue weighted by atomic mass is 16.5. The summed E-state index contributed by atoms with van der Waals surface area (Å²) in [5.41, 5.74) is 0.675. The quantitative estimate of drug-likeness (QED) is 0.787. The minimum atomic E-state index is 0.0122. The molecule has 0 radical (unpaired) electrons. The molecule has 2 aliphatic carbocycles. The summed E-state index contributed by atoms with van der Waals surface area (Å²) < 4.78 is 5.98. The fraction of sp³-hybridized carbons (Fsp3) is 0.632. The molecule has 2 saturated carbocycles. The first-order chi connectivity index (χ1) is 11.3. The molecule has 2 unspecified atom stereocenters. The molecule has 1 amide bonds. The fourth-order valence-corrected chi connectivity index (χ4v) is 3.54. The van der Waals surface area contributed by atoms with E-state index >= 15 is 0 Å². The summed E-state index contributed by atoms with van der Waals surface area (Å²) in [5.74, 6) is 1.67. The highest BCUT2D eigenvalue weighted by Crippen LogP contribution is 2.33. The summed E-state index contributed by atoms with van der Waals surface area (Å²) in [5, 5.41) is 3.15. The second-order valence-corrected chi connectivity index (χ2v) is 7.31. The van der Waals surface area contributed by atoms with E-state index in [0.29, 0.717) is 24.3 Å². The van der Waals surface area contributed by atoms with E-state index < -0.39 is 0 Å². The van der Waals surface area contributed by atoms with Crippen LogP contribution in [0.5, 0.6) is 5.75 Å². The Morgan fingerprint density at radius 1 is 1.17 bits per heavy atom. The number of nitrogens with zero attached hydrogens (tertiary/aromatic N) is 1. The van der Waals surface area contributed by atoms with E-state index in [4.69, 9.17) is 4.74 Å². The third-order valence-electron chi connectivity index (χ3n) is 5.27. The molecular formula is C19H26N2O2. The van der Waals surface area contributed by atoms with Crippen molar-refractivity contribution in [3.63, 3.8) is 0 Å². The van der Waals surface area contributed by atoms with E-state index in [1.54, 1.807) is 0 Å². The maximum atomic E-state index is 12.5. The second kappa shape index (κ2) is 6.52. The summed E-state index contributed by atoms with van der Waals surface area (Å²) in [6.45, 7) is 3.07. The lowest BCUT2D eigenvalue weighted by Gasteiger charge is -2.15.